The summed E-state index contributed by atoms with van der Waals surface area (Å²) in [6.45, 7) is 2.59. The molecule has 166 valence electrons. The van der Waals surface area contributed by atoms with Gasteiger partial charge in [-0.3, -0.25) is 4.79 Å². The van der Waals surface area contributed by atoms with Crippen LogP contribution in [0.15, 0.2) is 0 Å². The van der Waals surface area contributed by atoms with Crippen LogP contribution >= 0.6 is 0 Å². The van der Waals surface area contributed by atoms with Crippen molar-refractivity contribution in [3.63, 3.8) is 0 Å². The number of aliphatic carboxylic acids is 2. The van der Waals surface area contributed by atoms with E-state index in [2.05, 4.69) is 6.92 Å². The fourth-order valence-electron chi connectivity index (χ4n) is 3.43. The number of hydrogen-bond donors (Lipinski definition) is 2. The van der Waals surface area contributed by atoms with Gasteiger partial charge >= 0.3 is 11.9 Å². The molecule has 0 amide bonds. The van der Waals surface area contributed by atoms with Crippen molar-refractivity contribution >= 4 is 11.9 Å². The van der Waals surface area contributed by atoms with Gasteiger partial charge in [-0.05, 0) is 6.42 Å². The first-order valence-corrected chi connectivity index (χ1v) is 11.6. The van der Waals surface area contributed by atoms with E-state index in [1.54, 1.807) is 0 Å². The van der Waals surface area contributed by atoms with E-state index in [9.17, 15) is 9.59 Å². The van der Waals surface area contributed by atoms with Crippen molar-refractivity contribution in [1.82, 2.24) is 0 Å². The fourth-order valence-corrected chi connectivity index (χ4v) is 3.43. The summed E-state index contributed by atoms with van der Waals surface area (Å²) in [4.78, 5) is 21.4. The lowest BCUT2D eigenvalue weighted by Crippen LogP contribution is -2.27. The van der Waals surface area contributed by atoms with Crippen LogP contribution in [0.4, 0.5) is 0 Å². The van der Waals surface area contributed by atoms with Gasteiger partial charge in [0.1, 0.15) is 0 Å². The third kappa shape index (κ3) is 19.7. The lowest BCUT2D eigenvalue weighted by molar-refractivity contribution is -0.156. The van der Waals surface area contributed by atoms with Crippen LogP contribution < -0.4 is 0 Å². The molecule has 0 rings (SSSR count). The van der Waals surface area contributed by atoms with Gasteiger partial charge in [0.15, 0.2) is 6.10 Å². The van der Waals surface area contributed by atoms with Crippen LogP contribution in [0.5, 0.6) is 0 Å². The van der Waals surface area contributed by atoms with Gasteiger partial charge in [0.25, 0.3) is 0 Å². The summed E-state index contributed by atoms with van der Waals surface area (Å²) in [6, 6.07) is 0. The number of carboxylic acid groups (broad SMARTS) is 2. The Kier molecular flexibility index (Phi) is 19.8. The van der Waals surface area contributed by atoms with Gasteiger partial charge < -0.3 is 14.9 Å². The number of carbonyl (C=O) groups is 2. The smallest absolute Gasteiger partial charge is 0.333 e. The second-order valence-corrected chi connectivity index (χ2v) is 7.95. The fraction of sp³-hybridized carbons (Fsp3) is 0.913. The first-order valence-electron chi connectivity index (χ1n) is 11.6. The zero-order chi connectivity index (χ0) is 20.9. The monoisotopic (exact) mass is 400 g/mol. The number of ether oxygens (including phenoxy) is 1. The van der Waals surface area contributed by atoms with Crippen molar-refractivity contribution < 1.29 is 24.5 Å². The quantitative estimate of drug-likeness (QED) is 0.200. The minimum atomic E-state index is -1.22. The van der Waals surface area contributed by atoms with Crippen molar-refractivity contribution in [2.75, 3.05) is 6.61 Å². The lowest BCUT2D eigenvalue weighted by atomic mass is 10.0. The number of rotatable bonds is 22. The van der Waals surface area contributed by atoms with Crippen molar-refractivity contribution in [2.45, 2.75) is 129 Å². The molecular formula is C23H44O5. The van der Waals surface area contributed by atoms with E-state index in [1.165, 1.54) is 89.9 Å². The van der Waals surface area contributed by atoms with Crippen LogP contribution in [0.25, 0.3) is 0 Å². The van der Waals surface area contributed by atoms with Crippen LogP contribution in [0, 0.1) is 0 Å². The summed E-state index contributed by atoms with van der Waals surface area (Å²) in [6.07, 6.45) is 20.3. The van der Waals surface area contributed by atoms with Crippen molar-refractivity contribution in [2.24, 2.45) is 0 Å². The Labute approximate surface area is 172 Å². The van der Waals surface area contributed by atoms with Gasteiger partial charge in [-0.15, -0.1) is 0 Å². The minimum Gasteiger partial charge on any atom is -0.481 e. The lowest BCUT2D eigenvalue weighted by Gasteiger charge is -2.11. The molecule has 0 aromatic carbocycles. The summed E-state index contributed by atoms with van der Waals surface area (Å²) in [5.41, 5.74) is 0. The van der Waals surface area contributed by atoms with E-state index in [0.29, 0.717) is 6.61 Å². The third-order valence-corrected chi connectivity index (χ3v) is 5.20. The molecule has 0 fully saturated rings. The number of unbranched alkanes of at least 4 members (excludes halogenated alkanes) is 16. The van der Waals surface area contributed by atoms with Gasteiger partial charge in [-0.1, -0.05) is 110 Å². The van der Waals surface area contributed by atoms with E-state index in [4.69, 9.17) is 14.9 Å². The highest BCUT2D eigenvalue weighted by molar-refractivity contribution is 5.79. The molecule has 1 atom stereocenters. The van der Waals surface area contributed by atoms with Gasteiger partial charge in [0.05, 0.1) is 6.42 Å². The third-order valence-electron chi connectivity index (χ3n) is 5.20. The molecule has 0 spiro atoms. The molecule has 28 heavy (non-hydrogen) atoms. The number of carboxylic acids is 2. The van der Waals surface area contributed by atoms with E-state index in [-0.39, 0.29) is 0 Å². The Hall–Kier alpha value is -1.10. The summed E-state index contributed by atoms with van der Waals surface area (Å²) in [5.74, 6) is -2.34. The van der Waals surface area contributed by atoms with Crippen LogP contribution in [-0.2, 0) is 14.3 Å². The molecular weight excluding hydrogens is 356 g/mol. The highest BCUT2D eigenvalue weighted by Crippen LogP contribution is 2.14. The van der Waals surface area contributed by atoms with Gasteiger partial charge in [-0.2, -0.15) is 0 Å². The maximum absolute atomic E-state index is 10.9. The molecule has 0 aliphatic carbocycles. The minimum absolute atomic E-state index is 0.322. The molecule has 0 saturated carbocycles. The molecule has 0 radical (unpaired) electrons. The largest absolute Gasteiger partial charge is 0.481 e. The predicted octanol–water partition coefficient (Wildman–Crippen LogP) is 6.58. The van der Waals surface area contributed by atoms with E-state index in [1.807, 2.05) is 0 Å². The Balaban J connectivity index is 3.23. The zero-order valence-electron chi connectivity index (χ0n) is 18.1. The van der Waals surface area contributed by atoms with Crippen molar-refractivity contribution in [3.8, 4) is 0 Å². The Morgan fingerprint density at radius 2 is 1.00 bits per heavy atom. The predicted molar refractivity (Wildman–Crippen MR) is 114 cm³/mol. The van der Waals surface area contributed by atoms with E-state index in [0.717, 1.165) is 19.3 Å². The highest BCUT2D eigenvalue weighted by atomic mass is 16.5. The van der Waals surface area contributed by atoms with Crippen molar-refractivity contribution in [1.29, 1.82) is 0 Å². The van der Waals surface area contributed by atoms with Crippen molar-refractivity contribution in [3.05, 3.63) is 0 Å². The Morgan fingerprint density at radius 3 is 1.32 bits per heavy atom. The zero-order valence-corrected chi connectivity index (χ0v) is 18.1. The second kappa shape index (κ2) is 20.6. The van der Waals surface area contributed by atoms with Crippen LogP contribution in [0.1, 0.15) is 122 Å². The normalized spacial score (nSPS) is 12.2. The SMILES string of the molecule is CCCCCCCCCCCCCCCCCCCOC(CC(=O)O)C(=O)O. The first kappa shape index (κ1) is 26.9. The molecule has 2 N–H and O–H groups in total. The first-order chi connectivity index (χ1) is 13.6. The maximum Gasteiger partial charge on any atom is 0.333 e. The standard InChI is InChI=1S/C23H44O5/c1-2-3-4-5-6-7-8-9-10-11-12-13-14-15-16-17-18-19-28-21(23(26)27)20-22(24)25/h21H,2-20H2,1H3,(H,24,25)(H,26,27). The Bertz CT molecular complexity index is 370. The summed E-state index contributed by atoms with van der Waals surface area (Å²) < 4.78 is 5.16. The van der Waals surface area contributed by atoms with Gasteiger partial charge in [-0.25, -0.2) is 4.79 Å². The van der Waals surface area contributed by atoms with Crippen LogP contribution in [0.3, 0.4) is 0 Å². The molecule has 0 aromatic rings. The molecule has 0 saturated heterocycles. The molecule has 5 heteroatoms. The summed E-state index contributed by atoms with van der Waals surface area (Å²) in [7, 11) is 0. The van der Waals surface area contributed by atoms with Gasteiger partial charge in [0, 0.05) is 6.61 Å². The maximum atomic E-state index is 10.9. The second-order valence-electron chi connectivity index (χ2n) is 7.95. The molecule has 0 aliphatic rings. The average molecular weight is 401 g/mol. The average Bonchev–Trinajstić information content (AvgIpc) is 2.65. The molecule has 0 aliphatic heterocycles. The molecule has 1 unspecified atom stereocenters. The van der Waals surface area contributed by atoms with Crippen LogP contribution in [-0.4, -0.2) is 34.9 Å². The number of hydrogen-bond acceptors (Lipinski definition) is 3. The molecule has 5 nitrogen and oxygen atoms in total. The highest BCUT2D eigenvalue weighted by Gasteiger charge is 2.21. The molecule has 0 bridgehead atoms. The summed E-state index contributed by atoms with van der Waals surface area (Å²) >= 11 is 0. The van der Waals surface area contributed by atoms with E-state index < -0.39 is 24.5 Å². The Morgan fingerprint density at radius 1 is 0.643 bits per heavy atom. The molecule has 0 heterocycles. The topological polar surface area (TPSA) is 83.8 Å². The van der Waals surface area contributed by atoms with Crippen LogP contribution in [0.2, 0.25) is 0 Å². The molecule has 0 aromatic heterocycles. The summed E-state index contributed by atoms with van der Waals surface area (Å²) in [5, 5.41) is 17.5. The van der Waals surface area contributed by atoms with Gasteiger partial charge in [0.2, 0.25) is 0 Å². The van der Waals surface area contributed by atoms with E-state index >= 15 is 0 Å².